The van der Waals surface area contributed by atoms with Crippen molar-refractivity contribution in [2.75, 3.05) is 13.7 Å². The first-order chi connectivity index (χ1) is 5.24. The molecule has 3 heteroatoms. The zero-order chi connectivity index (χ0) is 8.27. The second-order valence-corrected chi connectivity index (χ2v) is 2.95. The van der Waals surface area contributed by atoms with Crippen LogP contribution in [0.2, 0.25) is 0 Å². The fraction of sp³-hybridized carbons (Fsp3) is 0.875. The van der Waals surface area contributed by atoms with Crippen molar-refractivity contribution in [3.8, 4) is 0 Å². The normalized spacial score (nSPS) is 19.5. The van der Waals surface area contributed by atoms with E-state index < -0.39 is 6.10 Å². The lowest BCUT2D eigenvalue weighted by atomic mass is 10.4. The molecule has 0 amide bonds. The van der Waals surface area contributed by atoms with E-state index in [0.29, 0.717) is 12.5 Å². The number of ether oxygens (including phenoxy) is 2. The Morgan fingerprint density at radius 1 is 1.64 bits per heavy atom. The van der Waals surface area contributed by atoms with E-state index in [9.17, 15) is 4.79 Å². The first-order valence-corrected chi connectivity index (χ1v) is 3.93. The number of hydrogen-bond acceptors (Lipinski definition) is 3. The molecule has 1 atom stereocenters. The minimum absolute atomic E-state index is 0.251. The van der Waals surface area contributed by atoms with Gasteiger partial charge in [0.25, 0.3) is 0 Å². The molecule has 0 heterocycles. The van der Waals surface area contributed by atoms with Crippen LogP contribution >= 0.6 is 0 Å². The van der Waals surface area contributed by atoms with Crippen LogP contribution in [-0.4, -0.2) is 25.8 Å². The van der Waals surface area contributed by atoms with Crippen molar-refractivity contribution < 1.29 is 14.3 Å². The average molecular weight is 158 g/mol. The molecule has 0 aromatic rings. The Labute approximate surface area is 66.7 Å². The van der Waals surface area contributed by atoms with Crippen LogP contribution in [0.15, 0.2) is 0 Å². The van der Waals surface area contributed by atoms with Gasteiger partial charge in [-0.15, -0.1) is 0 Å². The van der Waals surface area contributed by atoms with Crippen molar-refractivity contribution in [1.29, 1.82) is 0 Å². The topological polar surface area (TPSA) is 35.5 Å². The molecule has 0 radical (unpaired) electrons. The summed E-state index contributed by atoms with van der Waals surface area (Å²) in [6.45, 7) is 2.27. The van der Waals surface area contributed by atoms with E-state index in [1.165, 1.54) is 20.0 Å². The van der Waals surface area contributed by atoms with Gasteiger partial charge >= 0.3 is 5.97 Å². The Morgan fingerprint density at radius 3 is 2.73 bits per heavy atom. The molecule has 1 aliphatic rings. The Bertz CT molecular complexity index is 140. The lowest BCUT2D eigenvalue weighted by molar-refractivity contribution is -0.154. The van der Waals surface area contributed by atoms with E-state index in [0.717, 1.165) is 0 Å². The van der Waals surface area contributed by atoms with E-state index in [-0.39, 0.29) is 5.97 Å². The third-order valence-electron chi connectivity index (χ3n) is 1.84. The highest BCUT2D eigenvalue weighted by Gasteiger charge is 2.24. The van der Waals surface area contributed by atoms with Gasteiger partial charge in [-0.2, -0.15) is 0 Å². The number of methoxy groups -OCH3 is 1. The van der Waals surface area contributed by atoms with Crippen LogP contribution in [0.5, 0.6) is 0 Å². The fourth-order valence-corrected chi connectivity index (χ4v) is 0.698. The monoisotopic (exact) mass is 158 g/mol. The Balaban J connectivity index is 2.08. The van der Waals surface area contributed by atoms with Crippen LogP contribution in [0.1, 0.15) is 19.8 Å². The molecule has 1 fully saturated rings. The summed E-state index contributed by atoms with van der Waals surface area (Å²) in [5.41, 5.74) is 0. The summed E-state index contributed by atoms with van der Waals surface area (Å²) >= 11 is 0. The highest BCUT2D eigenvalue weighted by Crippen LogP contribution is 2.28. The Morgan fingerprint density at radius 2 is 2.27 bits per heavy atom. The number of hydrogen-bond donors (Lipinski definition) is 0. The molecule has 0 aliphatic heterocycles. The smallest absolute Gasteiger partial charge is 0.334 e. The molecule has 64 valence electrons. The van der Waals surface area contributed by atoms with E-state index in [1.54, 1.807) is 6.92 Å². The fourth-order valence-electron chi connectivity index (χ4n) is 0.698. The van der Waals surface area contributed by atoms with Crippen LogP contribution in [0.25, 0.3) is 0 Å². The zero-order valence-electron chi connectivity index (χ0n) is 7.00. The molecule has 0 N–H and O–H groups in total. The quantitative estimate of drug-likeness (QED) is 0.572. The van der Waals surface area contributed by atoms with Crippen LogP contribution < -0.4 is 0 Å². The maximum Gasteiger partial charge on any atom is 0.334 e. The van der Waals surface area contributed by atoms with E-state index in [4.69, 9.17) is 9.47 Å². The Kier molecular flexibility index (Phi) is 2.88. The van der Waals surface area contributed by atoms with Crippen molar-refractivity contribution in [2.45, 2.75) is 25.9 Å². The summed E-state index contributed by atoms with van der Waals surface area (Å²) in [6.07, 6.45) is 1.98. The average Bonchev–Trinajstić information content (AvgIpc) is 2.81. The first-order valence-electron chi connectivity index (χ1n) is 3.93. The maximum absolute atomic E-state index is 11.0. The van der Waals surface area contributed by atoms with Gasteiger partial charge in [-0.05, 0) is 25.7 Å². The highest BCUT2D eigenvalue weighted by atomic mass is 16.6. The van der Waals surface area contributed by atoms with Crippen molar-refractivity contribution >= 4 is 5.97 Å². The van der Waals surface area contributed by atoms with E-state index in [2.05, 4.69) is 0 Å². The van der Waals surface area contributed by atoms with E-state index >= 15 is 0 Å². The molecule has 1 rings (SSSR count). The predicted molar refractivity (Wildman–Crippen MR) is 40.2 cm³/mol. The van der Waals surface area contributed by atoms with Crippen molar-refractivity contribution in [2.24, 2.45) is 5.92 Å². The van der Waals surface area contributed by atoms with E-state index in [1.807, 2.05) is 0 Å². The summed E-state index contributed by atoms with van der Waals surface area (Å²) in [6, 6.07) is 0. The molecule has 1 aliphatic carbocycles. The molecule has 0 bridgehead atoms. The SMILES string of the molecule is COC(C)C(=O)OCC1CC1. The number of carbonyl (C=O) groups excluding carboxylic acids is 1. The second kappa shape index (κ2) is 3.72. The summed E-state index contributed by atoms with van der Waals surface area (Å²) in [7, 11) is 1.50. The van der Waals surface area contributed by atoms with Gasteiger partial charge in [0.2, 0.25) is 0 Å². The minimum atomic E-state index is -0.422. The molecule has 1 saturated carbocycles. The Hall–Kier alpha value is -0.570. The van der Waals surface area contributed by atoms with Crippen LogP contribution in [0.3, 0.4) is 0 Å². The molecule has 1 unspecified atom stereocenters. The van der Waals surface area contributed by atoms with Crippen molar-refractivity contribution in [3.63, 3.8) is 0 Å². The van der Waals surface area contributed by atoms with Crippen LogP contribution in [-0.2, 0) is 14.3 Å². The second-order valence-electron chi connectivity index (χ2n) is 2.95. The largest absolute Gasteiger partial charge is 0.463 e. The molecule has 0 aromatic carbocycles. The summed E-state index contributed by atoms with van der Waals surface area (Å²) in [5.74, 6) is 0.377. The van der Waals surface area contributed by atoms with Gasteiger partial charge in [0.15, 0.2) is 6.10 Å². The molecular formula is C8H14O3. The third kappa shape index (κ3) is 2.89. The van der Waals surface area contributed by atoms with Crippen molar-refractivity contribution in [1.82, 2.24) is 0 Å². The van der Waals surface area contributed by atoms with Gasteiger partial charge in [-0.25, -0.2) is 4.79 Å². The highest BCUT2D eigenvalue weighted by molar-refractivity contribution is 5.74. The maximum atomic E-state index is 11.0. The van der Waals surface area contributed by atoms with Gasteiger partial charge in [0.1, 0.15) is 0 Å². The minimum Gasteiger partial charge on any atom is -0.463 e. The van der Waals surface area contributed by atoms with Crippen LogP contribution in [0.4, 0.5) is 0 Å². The van der Waals surface area contributed by atoms with Gasteiger partial charge in [-0.3, -0.25) is 0 Å². The standard InChI is InChI=1S/C8H14O3/c1-6(10-2)8(9)11-5-7-3-4-7/h6-7H,3-5H2,1-2H3. The molecule has 0 aromatic heterocycles. The predicted octanol–water partition coefficient (Wildman–Crippen LogP) is 0.974. The molecule has 0 saturated heterocycles. The lowest BCUT2D eigenvalue weighted by Crippen LogP contribution is -2.22. The van der Waals surface area contributed by atoms with Crippen molar-refractivity contribution in [3.05, 3.63) is 0 Å². The summed E-state index contributed by atoms with van der Waals surface area (Å²) in [5, 5.41) is 0. The van der Waals surface area contributed by atoms with Gasteiger partial charge in [0.05, 0.1) is 6.61 Å². The number of carbonyl (C=O) groups is 1. The lowest BCUT2D eigenvalue weighted by Gasteiger charge is -2.08. The summed E-state index contributed by atoms with van der Waals surface area (Å²) < 4.78 is 9.74. The number of esters is 1. The summed E-state index contributed by atoms with van der Waals surface area (Å²) in [4.78, 5) is 11.0. The molecular weight excluding hydrogens is 144 g/mol. The number of rotatable bonds is 4. The third-order valence-corrected chi connectivity index (χ3v) is 1.84. The zero-order valence-corrected chi connectivity index (χ0v) is 7.00. The van der Waals surface area contributed by atoms with Gasteiger partial charge in [0, 0.05) is 7.11 Å². The van der Waals surface area contributed by atoms with Gasteiger partial charge < -0.3 is 9.47 Å². The molecule has 3 nitrogen and oxygen atoms in total. The molecule has 11 heavy (non-hydrogen) atoms. The van der Waals surface area contributed by atoms with Crippen LogP contribution in [0, 0.1) is 5.92 Å². The van der Waals surface area contributed by atoms with Gasteiger partial charge in [-0.1, -0.05) is 0 Å². The first kappa shape index (κ1) is 8.53. The molecule has 0 spiro atoms.